The molecule has 0 aliphatic rings. The van der Waals surface area contributed by atoms with E-state index in [1.165, 1.54) is 0 Å². The Hall–Kier alpha value is -3.17. The number of ether oxygens (including phenoxy) is 1. The van der Waals surface area contributed by atoms with Gasteiger partial charge in [-0.25, -0.2) is 9.18 Å². The van der Waals surface area contributed by atoms with Crippen LogP contribution in [-0.2, 0) is 6.18 Å². The SMILES string of the molecule is O=C(Nc1ccc(C(F)(F)F)c(F)c1)Oc1ccc([N+](=O)[O-])cc1. The zero-order valence-electron chi connectivity index (χ0n) is 11.6. The largest absolute Gasteiger partial charge is 0.419 e. The molecule has 126 valence electrons. The number of nitrogens with one attached hydrogen (secondary N) is 1. The van der Waals surface area contributed by atoms with Crippen molar-refractivity contribution in [1.29, 1.82) is 0 Å². The van der Waals surface area contributed by atoms with Crippen molar-refractivity contribution < 1.29 is 32.0 Å². The highest BCUT2D eigenvalue weighted by molar-refractivity contribution is 5.86. The molecule has 0 aliphatic heterocycles. The van der Waals surface area contributed by atoms with Crippen LogP contribution in [0.5, 0.6) is 5.75 Å². The number of alkyl halides is 3. The first kappa shape index (κ1) is 17.2. The van der Waals surface area contributed by atoms with Crippen LogP contribution in [0.2, 0.25) is 0 Å². The van der Waals surface area contributed by atoms with Gasteiger partial charge in [-0.1, -0.05) is 0 Å². The molecule has 0 aliphatic carbocycles. The van der Waals surface area contributed by atoms with Crippen molar-refractivity contribution >= 4 is 17.5 Å². The molecule has 2 aromatic rings. The number of hydrogen-bond acceptors (Lipinski definition) is 4. The Morgan fingerprint density at radius 2 is 1.75 bits per heavy atom. The average molecular weight is 344 g/mol. The highest BCUT2D eigenvalue weighted by Crippen LogP contribution is 2.32. The minimum atomic E-state index is -4.85. The van der Waals surface area contributed by atoms with Gasteiger partial charge in [0, 0.05) is 17.8 Å². The lowest BCUT2D eigenvalue weighted by molar-refractivity contribution is -0.384. The second-order valence-electron chi connectivity index (χ2n) is 4.46. The van der Waals surface area contributed by atoms with E-state index in [0.29, 0.717) is 12.1 Å². The van der Waals surface area contributed by atoms with Gasteiger partial charge in [0.1, 0.15) is 11.6 Å². The fraction of sp³-hybridized carbons (Fsp3) is 0.0714. The fourth-order valence-corrected chi connectivity index (χ4v) is 1.71. The number of anilines is 1. The maximum absolute atomic E-state index is 13.4. The number of hydrogen-bond donors (Lipinski definition) is 1. The number of benzene rings is 2. The smallest absolute Gasteiger partial charge is 0.410 e. The molecule has 0 atom stereocenters. The van der Waals surface area contributed by atoms with Crippen LogP contribution in [0.1, 0.15) is 5.56 Å². The van der Waals surface area contributed by atoms with Gasteiger partial charge < -0.3 is 4.74 Å². The van der Waals surface area contributed by atoms with Crippen LogP contribution in [0.15, 0.2) is 42.5 Å². The van der Waals surface area contributed by atoms with E-state index in [-0.39, 0.29) is 17.1 Å². The van der Waals surface area contributed by atoms with Crippen molar-refractivity contribution in [3.63, 3.8) is 0 Å². The standard InChI is InChI=1S/C14H8F4N2O4/c15-12-7-8(1-6-11(12)14(16,17)18)19-13(21)24-10-4-2-9(3-5-10)20(22)23/h1-7H,(H,19,21). The van der Waals surface area contributed by atoms with E-state index in [1.807, 2.05) is 5.32 Å². The third kappa shape index (κ3) is 4.18. The zero-order chi connectivity index (χ0) is 17.9. The van der Waals surface area contributed by atoms with Crippen LogP contribution < -0.4 is 10.1 Å². The first-order chi connectivity index (χ1) is 11.2. The normalized spacial score (nSPS) is 11.0. The van der Waals surface area contributed by atoms with Gasteiger partial charge in [0.05, 0.1) is 10.5 Å². The summed E-state index contributed by atoms with van der Waals surface area (Å²) in [5.74, 6) is -1.58. The Kier molecular flexibility index (Phi) is 4.67. The number of rotatable bonds is 3. The number of non-ortho nitro benzene ring substituents is 1. The van der Waals surface area contributed by atoms with Crippen LogP contribution >= 0.6 is 0 Å². The highest BCUT2D eigenvalue weighted by atomic mass is 19.4. The number of halogens is 4. The van der Waals surface area contributed by atoms with Crippen molar-refractivity contribution in [2.75, 3.05) is 5.32 Å². The Morgan fingerprint density at radius 1 is 1.12 bits per heavy atom. The van der Waals surface area contributed by atoms with Crippen LogP contribution in [0, 0.1) is 15.9 Å². The number of carbonyl (C=O) groups is 1. The molecule has 0 saturated carbocycles. The molecule has 0 unspecified atom stereocenters. The Bertz CT molecular complexity index is 775. The molecule has 1 N–H and O–H groups in total. The van der Waals surface area contributed by atoms with Gasteiger partial charge in [-0.15, -0.1) is 0 Å². The summed E-state index contributed by atoms with van der Waals surface area (Å²) in [6.07, 6.45) is -5.94. The third-order valence-electron chi connectivity index (χ3n) is 2.78. The first-order valence-corrected chi connectivity index (χ1v) is 6.27. The third-order valence-corrected chi connectivity index (χ3v) is 2.78. The zero-order valence-corrected chi connectivity index (χ0v) is 11.6. The van der Waals surface area contributed by atoms with Crippen molar-refractivity contribution in [3.8, 4) is 5.75 Å². The summed E-state index contributed by atoms with van der Waals surface area (Å²) in [5, 5.41) is 12.5. The lowest BCUT2D eigenvalue weighted by Crippen LogP contribution is -2.17. The predicted octanol–water partition coefficient (Wildman–Crippen LogP) is 4.36. The second-order valence-corrected chi connectivity index (χ2v) is 4.46. The molecule has 1 amide bonds. The van der Waals surface area contributed by atoms with E-state index in [9.17, 15) is 32.5 Å². The van der Waals surface area contributed by atoms with E-state index in [1.54, 1.807) is 0 Å². The number of nitro benzene ring substituents is 1. The fourth-order valence-electron chi connectivity index (χ4n) is 1.71. The van der Waals surface area contributed by atoms with Crippen molar-refractivity contribution in [2.24, 2.45) is 0 Å². The summed E-state index contributed by atoms with van der Waals surface area (Å²) in [6, 6.07) is 6.36. The van der Waals surface area contributed by atoms with Crippen LogP contribution in [0.25, 0.3) is 0 Å². The minimum absolute atomic E-state index is 0.0366. The Labute approximate surface area is 131 Å². The summed E-state index contributed by atoms with van der Waals surface area (Å²) in [7, 11) is 0. The van der Waals surface area contributed by atoms with E-state index >= 15 is 0 Å². The molecule has 0 fully saturated rings. The van der Waals surface area contributed by atoms with Gasteiger partial charge in [0.25, 0.3) is 5.69 Å². The van der Waals surface area contributed by atoms with Gasteiger partial charge >= 0.3 is 12.3 Å². The van der Waals surface area contributed by atoms with E-state index in [2.05, 4.69) is 0 Å². The molecular formula is C14H8F4N2O4. The Balaban J connectivity index is 2.04. The van der Waals surface area contributed by atoms with Gasteiger partial charge in [-0.05, 0) is 30.3 Å². The van der Waals surface area contributed by atoms with E-state index in [0.717, 1.165) is 30.3 Å². The molecule has 0 saturated heterocycles. The summed E-state index contributed by atoms with van der Waals surface area (Å²) in [5.41, 5.74) is -1.92. The highest BCUT2D eigenvalue weighted by Gasteiger charge is 2.34. The molecule has 24 heavy (non-hydrogen) atoms. The summed E-state index contributed by atoms with van der Waals surface area (Å²) in [6.45, 7) is 0. The van der Waals surface area contributed by atoms with E-state index < -0.39 is 28.6 Å². The molecule has 10 heteroatoms. The second kappa shape index (κ2) is 6.52. The molecule has 0 bridgehead atoms. The molecule has 2 rings (SSSR count). The molecule has 0 radical (unpaired) electrons. The lowest BCUT2D eigenvalue weighted by Gasteiger charge is -2.10. The van der Waals surface area contributed by atoms with Crippen molar-refractivity contribution in [3.05, 3.63) is 64.0 Å². The molecule has 2 aromatic carbocycles. The van der Waals surface area contributed by atoms with E-state index in [4.69, 9.17) is 4.74 Å². The van der Waals surface area contributed by atoms with Crippen LogP contribution in [0.3, 0.4) is 0 Å². The van der Waals surface area contributed by atoms with Gasteiger partial charge in [0.15, 0.2) is 0 Å². The quantitative estimate of drug-likeness (QED) is 0.509. The number of amides is 1. The molecule has 6 nitrogen and oxygen atoms in total. The maximum atomic E-state index is 13.4. The lowest BCUT2D eigenvalue weighted by atomic mass is 10.2. The molecule has 0 aromatic heterocycles. The maximum Gasteiger partial charge on any atom is 0.419 e. The van der Waals surface area contributed by atoms with Gasteiger partial charge in [-0.3, -0.25) is 15.4 Å². The number of nitrogens with zero attached hydrogens (tertiary/aromatic N) is 1. The monoisotopic (exact) mass is 344 g/mol. The average Bonchev–Trinajstić information content (AvgIpc) is 2.46. The summed E-state index contributed by atoms with van der Waals surface area (Å²) < 4.78 is 55.4. The molecular weight excluding hydrogens is 336 g/mol. The van der Waals surface area contributed by atoms with Gasteiger partial charge in [-0.2, -0.15) is 13.2 Å². The van der Waals surface area contributed by atoms with Crippen LogP contribution in [0.4, 0.5) is 33.7 Å². The molecule has 0 heterocycles. The number of nitro groups is 1. The predicted molar refractivity (Wildman–Crippen MR) is 74.1 cm³/mol. The molecule has 0 spiro atoms. The first-order valence-electron chi connectivity index (χ1n) is 6.27. The van der Waals surface area contributed by atoms with Gasteiger partial charge in [0.2, 0.25) is 0 Å². The van der Waals surface area contributed by atoms with Crippen molar-refractivity contribution in [2.45, 2.75) is 6.18 Å². The van der Waals surface area contributed by atoms with Crippen molar-refractivity contribution in [1.82, 2.24) is 0 Å². The minimum Gasteiger partial charge on any atom is -0.410 e. The summed E-state index contributed by atoms with van der Waals surface area (Å²) >= 11 is 0. The Morgan fingerprint density at radius 3 is 2.25 bits per heavy atom. The van der Waals surface area contributed by atoms with Crippen LogP contribution in [-0.4, -0.2) is 11.0 Å². The topological polar surface area (TPSA) is 81.5 Å². The summed E-state index contributed by atoms with van der Waals surface area (Å²) in [4.78, 5) is 21.4. The number of carbonyl (C=O) groups excluding carboxylic acids is 1.